The van der Waals surface area contributed by atoms with Crippen LogP contribution in [0, 0.1) is 10.1 Å². The summed E-state index contributed by atoms with van der Waals surface area (Å²) in [6, 6.07) is 0.647. The van der Waals surface area contributed by atoms with E-state index in [1.54, 1.807) is 20.8 Å². The first-order valence-corrected chi connectivity index (χ1v) is 7.28. The van der Waals surface area contributed by atoms with E-state index >= 15 is 0 Å². The van der Waals surface area contributed by atoms with Gasteiger partial charge < -0.3 is 25.3 Å². The zero-order valence-electron chi connectivity index (χ0n) is 12.7. The van der Waals surface area contributed by atoms with Crippen molar-refractivity contribution in [3.63, 3.8) is 0 Å². The van der Waals surface area contributed by atoms with E-state index in [-0.39, 0.29) is 5.69 Å². The van der Waals surface area contributed by atoms with Gasteiger partial charge >= 0.3 is 11.8 Å². The van der Waals surface area contributed by atoms with Gasteiger partial charge in [-0.2, -0.15) is 0 Å². The molecule has 1 heterocycles. The summed E-state index contributed by atoms with van der Waals surface area (Å²) in [6.07, 6.45) is -0.184. The van der Waals surface area contributed by atoms with Crippen molar-refractivity contribution in [2.24, 2.45) is 0 Å². The van der Waals surface area contributed by atoms with Gasteiger partial charge in [-0.25, -0.2) is 4.79 Å². The van der Waals surface area contributed by atoms with E-state index in [1.165, 1.54) is 19.2 Å². The number of hydrogen-bond acceptors (Lipinski definition) is 7. The molecule has 0 unspecified atom stereocenters. The van der Waals surface area contributed by atoms with E-state index in [0.29, 0.717) is 4.47 Å². The molecule has 0 saturated carbocycles. The van der Waals surface area contributed by atoms with Crippen LogP contribution in [0.3, 0.4) is 0 Å². The fourth-order valence-corrected chi connectivity index (χ4v) is 1.91. The van der Waals surface area contributed by atoms with E-state index < -0.39 is 34.5 Å². The predicted molar refractivity (Wildman–Crippen MR) is 83.5 cm³/mol. The standard InChI is InChI=1S/C13H18BrN3O5/c1-7(10(18)12(19)22-13(2,3)4)16-9-5-8(14)6-15-11(9)17(20)21/h5-7,10,16,18H,1-4H3/t7-,10+/m1/s1. The Bertz CT molecular complexity index is 573. The number of aromatic nitrogens is 1. The maximum atomic E-state index is 11.8. The number of esters is 1. The van der Waals surface area contributed by atoms with Crippen molar-refractivity contribution in [1.29, 1.82) is 0 Å². The molecule has 0 aliphatic rings. The van der Waals surface area contributed by atoms with E-state index in [2.05, 4.69) is 26.2 Å². The van der Waals surface area contributed by atoms with Crippen molar-refractivity contribution in [1.82, 2.24) is 4.98 Å². The van der Waals surface area contributed by atoms with Crippen molar-refractivity contribution < 1.29 is 19.6 Å². The highest BCUT2D eigenvalue weighted by atomic mass is 79.9. The summed E-state index contributed by atoms with van der Waals surface area (Å²) in [5, 5.41) is 23.6. The van der Waals surface area contributed by atoms with Gasteiger partial charge in [-0.3, -0.25) is 0 Å². The number of nitrogens with one attached hydrogen (secondary N) is 1. The molecular formula is C13H18BrN3O5. The number of aliphatic hydroxyl groups excluding tert-OH is 1. The average molecular weight is 376 g/mol. The van der Waals surface area contributed by atoms with Gasteiger partial charge in [-0.1, -0.05) is 0 Å². The molecule has 122 valence electrons. The maximum Gasteiger partial charge on any atom is 0.386 e. The Hall–Kier alpha value is -1.74. The number of anilines is 1. The summed E-state index contributed by atoms with van der Waals surface area (Å²) in [6.45, 7) is 6.55. The Kier molecular flexibility index (Phi) is 5.84. The molecule has 22 heavy (non-hydrogen) atoms. The molecule has 0 saturated heterocycles. The van der Waals surface area contributed by atoms with Crippen LogP contribution in [-0.2, 0) is 9.53 Å². The van der Waals surface area contributed by atoms with Gasteiger partial charge in [0.15, 0.2) is 12.3 Å². The van der Waals surface area contributed by atoms with Crippen LogP contribution in [-0.4, -0.2) is 38.7 Å². The number of halogens is 1. The Morgan fingerprint density at radius 1 is 1.55 bits per heavy atom. The molecular weight excluding hydrogens is 358 g/mol. The van der Waals surface area contributed by atoms with E-state index in [4.69, 9.17) is 4.74 Å². The van der Waals surface area contributed by atoms with Crippen LogP contribution in [0.5, 0.6) is 0 Å². The lowest BCUT2D eigenvalue weighted by Gasteiger charge is -2.25. The molecule has 0 amide bonds. The van der Waals surface area contributed by atoms with E-state index in [0.717, 1.165) is 0 Å². The molecule has 2 atom stereocenters. The van der Waals surface area contributed by atoms with Crippen LogP contribution >= 0.6 is 15.9 Å². The molecule has 0 aliphatic heterocycles. The number of pyridine rings is 1. The van der Waals surface area contributed by atoms with Crippen LogP contribution in [0.15, 0.2) is 16.7 Å². The highest BCUT2D eigenvalue weighted by molar-refractivity contribution is 9.10. The van der Waals surface area contributed by atoms with Gasteiger partial charge in [-0.15, -0.1) is 0 Å². The third kappa shape index (κ3) is 5.23. The fraction of sp³-hybridized carbons (Fsp3) is 0.538. The first-order valence-electron chi connectivity index (χ1n) is 6.48. The minimum absolute atomic E-state index is 0.0921. The van der Waals surface area contributed by atoms with Crippen molar-refractivity contribution in [2.45, 2.75) is 45.4 Å². The van der Waals surface area contributed by atoms with Crippen LogP contribution in [0.2, 0.25) is 0 Å². The van der Waals surface area contributed by atoms with Gasteiger partial charge in [0, 0.05) is 0 Å². The average Bonchev–Trinajstić information content (AvgIpc) is 2.35. The quantitative estimate of drug-likeness (QED) is 0.460. The third-order valence-corrected chi connectivity index (χ3v) is 2.94. The van der Waals surface area contributed by atoms with Crippen LogP contribution in [0.4, 0.5) is 11.5 Å². The van der Waals surface area contributed by atoms with Crippen molar-refractivity contribution in [3.05, 3.63) is 26.9 Å². The van der Waals surface area contributed by atoms with E-state index in [1.807, 2.05) is 0 Å². The SMILES string of the molecule is C[C@@H](Nc1cc(Br)cnc1[N+](=O)[O-])[C@H](O)C(=O)OC(C)(C)C. The van der Waals surface area contributed by atoms with Gasteiger partial charge in [0.2, 0.25) is 0 Å². The van der Waals surface area contributed by atoms with Crippen molar-refractivity contribution in [3.8, 4) is 0 Å². The summed E-state index contributed by atoms with van der Waals surface area (Å²) in [5.74, 6) is -1.20. The Morgan fingerprint density at radius 3 is 2.64 bits per heavy atom. The molecule has 1 rings (SSSR count). The number of rotatable bonds is 5. The summed E-state index contributed by atoms with van der Waals surface area (Å²) in [7, 11) is 0. The molecule has 0 bridgehead atoms. The highest BCUT2D eigenvalue weighted by Crippen LogP contribution is 2.26. The van der Waals surface area contributed by atoms with Gasteiger partial charge in [0.1, 0.15) is 11.3 Å². The van der Waals surface area contributed by atoms with Crippen LogP contribution in [0.25, 0.3) is 0 Å². The molecule has 9 heteroatoms. The zero-order chi connectivity index (χ0) is 17.1. The second-order valence-corrected chi connectivity index (χ2v) is 6.61. The zero-order valence-corrected chi connectivity index (χ0v) is 14.2. The molecule has 0 aromatic carbocycles. The lowest BCUT2D eigenvalue weighted by atomic mass is 10.1. The third-order valence-electron chi connectivity index (χ3n) is 2.51. The van der Waals surface area contributed by atoms with Crippen LogP contribution in [0.1, 0.15) is 27.7 Å². The Balaban J connectivity index is 2.88. The molecule has 1 aromatic rings. The number of carbonyl (C=O) groups is 1. The predicted octanol–water partition coefficient (Wildman–Crippen LogP) is 2.26. The maximum absolute atomic E-state index is 11.8. The molecule has 8 nitrogen and oxygen atoms in total. The minimum atomic E-state index is -1.47. The molecule has 0 fully saturated rings. The molecule has 1 aromatic heterocycles. The normalized spacial score (nSPS) is 14.1. The Labute approximate surface area is 136 Å². The summed E-state index contributed by atoms with van der Waals surface area (Å²) in [5.41, 5.74) is -0.643. The summed E-state index contributed by atoms with van der Waals surface area (Å²) in [4.78, 5) is 25.8. The highest BCUT2D eigenvalue weighted by Gasteiger charge is 2.29. The van der Waals surface area contributed by atoms with Gasteiger partial charge in [0.25, 0.3) is 0 Å². The number of nitro groups is 1. The smallest absolute Gasteiger partial charge is 0.386 e. The largest absolute Gasteiger partial charge is 0.458 e. The Morgan fingerprint density at radius 2 is 2.14 bits per heavy atom. The van der Waals surface area contributed by atoms with Gasteiger partial charge in [0.05, 0.1) is 10.5 Å². The summed E-state index contributed by atoms with van der Waals surface area (Å²) < 4.78 is 5.60. The van der Waals surface area contributed by atoms with Crippen LogP contribution < -0.4 is 5.32 Å². The van der Waals surface area contributed by atoms with E-state index in [9.17, 15) is 20.0 Å². The first kappa shape index (κ1) is 18.3. The number of nitrogens with zero attached hydrogens (tertiary/aromatic N) is 2. The van der Waals surface area contributed by atoms with Crippen molar-refractivity contribution >= 4 is 33.4 Å². The number of hydrogen-bond donors (Lipinski definition) is 2. The monoisotopic (exact) mass is 375 g/mol. The lowest BCUT2D eigenvalue weighted by molar-refractivity contribution is -0.388. The molecule has 2 N–H and O–H groups in total. The minimum Gasteiger partial charge on any atom is -0.458 e. The molecule has 0 aliphatic carbocycles. The second-order valence-electron chi connectivity index (χ2n) is 5.69. The number of carbonyl (C=O) groups excluding carboxylic acids is 1. The molecule has 0 spiro atoms. The number of aliphatic hydroxyl groups is 1. The van der Waals surface area contributed by atoms with Gasteiger partial charge in [-0.05, 0) is 59.6 Å². The second kappa shape index (κ2) is 7.01. The first-order chi connectivity index (χ1) is 10.0. The molecule has 0 radical (unpaired) electrons. The summed E-state index contributed by atoms with van der Waals surface area (Å²) >= 11 is 3.16. The lowest BCUT2D eigenvalue weighted by Crippen LogP contribution is -2.41. The topological polar surface area (TPSA) is 115 Å². The van der Waals surface area contributed by atoms with Crippen molar-refractivity contribution in [2.75, 3.05) is 5.32 Å². The number of ether oxygens (including phenoxy) is 1. The fourth-order valence-electron chi connectivity index (χ4n) is 1.57.